The lowest BCUT2D eigenvalue weighted by Crippen LogP contribution is -2.30. The van der Waals surface area contributed by atoms with Crippen LogP contribution in [0.5, 0.6) is 0 Å². The second-order valence-corrected chi connectivity index (χ2v) is 4.70. The number of allylic oxidation sites excluding steroid dienone is 1. The predicted octanol–water partition coefficient (Wildman–Crippen LogP) is 2.87. The molecule has 0 aromatic heterocycles. The van der Waals surface area contributed by atoms with E-state index in [0.29, 0.717) is 0 Å². The SMILES string of the molecule is C=C1CC[C@H]2CC(CC)N[C@@H]2CC1. The van der Waals surface area contributed by atoms with Gasteiger partial charge in [0.2, 0.25) is 0 Å². The molecule has 1 saturated heterocycles. The molecule has 1 N–H and O–H groups in total. The van der Waals surface area contributed by atoms with Gasteiger partial charge in [-0.15, -0.1) is 0 Å². The Morgan fingerprint density at radius 2 is 2.15 bits per heavy atom. The van der Waals surface area contributed by atoms with E-state index in [4.69, 9.17) is 0 Å². The van der Waals surface area contributed by atoms with E-state index in [1.807, 2.05) is 0 Å². The van der Waals surface area contributed by atoms with Crippen LogP contribution in [0.4, 0.5) is 0 Å². The molecule has 1 unspecified atom stereocenters. The van der Waals surface area contributed by atoms with Crippen LogP contribution >= 0.6 is 0 Å². The van der Waals surface area contributed by atoms with E-state index < -0.39 is 0 Å². The first-order valence-electron chi connectivity index (χ1n) is 5.72. The zero-order valence-corrected chi connectivity index (χ0v) is 8.68. The molecule has 2 rings (SSSR count). The zero-order valence-electron chi connectivity index (χ0n) is 8.68. The average molecular weight is 179 g/mol. The molecule has 1 heterocycles. The lowest BCUT2D eigenvalue weighted by Gasteiger charge is -2.14. The fourth-order valence-electron chi connectivity index (χ4n) is 2.83. The van der Waals surface area contributed by atoms with Crippen molar-refractivity contribution < 1.29 is 0 Å². The van der Waals surface area contributed by atoms with E-state index in [9.17, 15) is 0 Å². The largest absolute Gasteiger partial charge is 0.311 e. The van der Waals surface area contributed by atoms with Crippen LogP contribution in [0.25, 0.3) is 0 Å². The van der Waals surface area contributed by atoms with Crippen molar-refractivity contribution in [1.29, 1.82) is 0 Å². The highest BCUT2D eigenvalue weighted by molar-refractivity contribution is 5.02. The molecule has 1 nitrogen and oxygen atoms in total. The maximum absolute atomic E-state index is 4.11. The first-order chi connectivity index (χ1) is 6.29. The van der Waals surface area contributed by atoms with Gasteiger partial charge < -0.3 is 5.32 Å². The number of nitrogens with one attached hydrogen (secondary N) is 1. The number of hydrogen-bond acceptors (Lipinski definition) is 1. The smallest absolute Gasteiger partial charge is 0.0102 e. The Morgan fingerprint density at radius 1 is 1.38 bits per heavy atom. The van der Waals surface area contributed by atoms with E-state index in [1.165, 1.54) is 44.1 Å². The summed E-state index contributed by atoms with van der Waals surface area (Å²) >= 11 is 0. The molecule has 3 atom stereocenters. The first kappa shape index (κ1) is 9.26. The highest BCUT2D eigenvalue weighted by Gasteiger charge is 2.33. The summed E-state index contributed by atoms with van der Waals surface area (Å²) < 4.78 is 0. The van der Waals surface area contributed by atoms with Crippen LogP contribution in [0.15, 0.2) is 12.2 Å². The van der Waals surface area contributed by atoms with Gasteiger partial charge in [0, 0.05) is 12.1 Å². The van der Waals surface area contributed by atoms with Crippen LogP contribution in [0.2, 0.25) is 0 Å². The Bertz CT molecular complexity index is 179. The topological polar surface area (TPSA) is 12.0 Å². The summed E-state index contributed by atoms with van der Waals surface area (Å²) in [6, 6.07) is 1.62. The molecule has 0 aromatic rings. The summed E-state index contributed by atoms with van der Waals surface area (Å²) in [6.45, 7) is 6.41. The Labute approximate surface area is 81.6 Å². The van der Waals surface area contributed by atoms with Gasteiger partial charge >= 0.3 is 0 Å². The van der Waals surface area contributed by atoms with Gasteiger partial charge in [0.15, 0.2) is 0 Å². The van der Waals surface area contributed by atoms with Crippen molar-refractivity contribution in [3.8, 4) is 0 Å². The molecular weight excluding hydrogens is 158 g/mol. The second kappa shape index (κ2) is 3.83. The Morgan fingerprint density at radius 3 is 2.92 bits per heavy atom. The van der Waals surface area contributed by atoms with Gasteiger partial charge in [-0.3, -0.25) is 0 Å². The molecule has 0 bridgehead atoms. The van der Waals surface area contributed by atoms with Crippen LogP contribution in [0.1, 0.15) is 45.4 Å². The molecule has 1 aliphatic carbocycles. The van der Waals surface area contributed by atoms with Gasteiger partial charge in [-0.2, -0.15) is 0 Å². The number of fused-ring (bicyclic) bond motifs is 1. The fourth-order valence-corrected chi connectivity index (χ4v) is 2.83. The van der Waals surface area contributed by atoms with E-state index in [1.54, 1.807) is 0 Å². The molecule has 1 saturated carbocycles. The number of rotatable bonds is 1. The zero-order chi connectivity index (χ0) is 9.26. The molecule has 0 amide bonds. The summed E-state index contributed by atoms with van der Waals surface area (Å²) in [7, 11) is 0. The van der Waals surface area contributed by atoms with Crippen molar-refractivity contribution in [2.75, 3.05) is 0 Å². The van der Waals surface area contributed by atoms with Crippen molar-refractivity contribution in [3.63, 3.8) is 0 Å². The lowest BCUT2D eigenvalue weighted by molar-refractivity contribution is 0.424. The van der Waals surface area contributed by atoms with Crippen LogP contribution in [0, 0.1) is 5.92 Å². The highest BCUT2D eigenvalue weighted by atomic mass is 15.0. The molecule has 0 spiro atoms. The summed E-state index contributed by atoms with van der Waals surface area (Å²) in [5.41, 5.74) is 1.48. The Kier molecular flexibility index (Phi) is 2.73. The third-order valence-corrected chi connectivity index (χ3v) is 3.78. The molecular formula is C12H21N. The van der Waals surface area contributed by atoms with Crippen LogP contribution in [-0.2, 0) is 0 Å². The molecule has 0 aromatic carbocycles. The first-order valence-corrected chi connectivity index (χ1v) is 5.72. The quantitative estimate of drug-likeness (QED) is 0.610. The summed E-state index contributed by atoms with van der Waals surface area (Å²) in [4.78, 5) is 0. The minimum absolute atomic E-state index is 0.807. The van der Waals surface area contributed by atoms with E-state index in [2.05, 4.69) is 18.8 Å². The Balaban J connectivity index is 1.96. The molecule has 2 aliphatic rings. The normalized spacial score (nSPS) is 40.1. The highest BCUT2D eigenvalue weighted by Crippen LogP contribution is 2.34. The van der Waals surface area contributed by atoms with E-state index >= 15 is 0 Å². The minimum Gasteiger partial charge on any atom is -0.311 e. The van der Waals surface area contributed by atoms with E-state index in [-0.39, 0.29) is 0 Å². The molecule has 74 valence electrons. The van der Waals surface area contributed by atoms with Crippen molar-refractivity contribution in [1.82, 2.24) is 5.32 Å². The van der Waals surface area contributed by atoms with E-state index in [0.717, 1.165) is 18.0 Å². The maximum Gasteiger partial charge on any atom is 0.0102 e. The van der Waals surface area contributed by atoms with Crippen molar-refractivity contribution >= 4 is 0 Å². The van der Waals surface area contributed by atoms with Gasteiger partial charge in [0.1, 0.15) is 0 Å². The summed E-state index contributed by atoms with van der Waals surface area (Å²) in [5.74, 6) is 0.948. The molecule has 1 aliphatic heterocycles. The third kappa shape index (κ3) is 1.96. The minimum atomic E-state index is 0.807. The molecule has 1 heteroatoms. The fraction of sp³-hybridized carbons (Fsp3) is 0.833. The van der Waals surface area contributed by atoms with Gasteiger partial charge in [-0.05, 0) is 44.4 Å². The molecule has 2 fully saturated rings. The lowest BCUT2D eigenvalue weighted by atomic mass is 9.94. The third-order valence-electron chi connectivity index (χ3n) is 3.78. The van der Waals surface area contributed by atoms with Gasteiger partial charge in [0.25, 0.3) is 0 Å². The van der Waals surface area contributed by atoms with Gasteiger partial charge in [-0.1, -0.05) is 19.1 Å². The molecule has 13 heavy (non-hydrogen) atoms. The van der Waals surface area contributed by atoms with Gasteiger partial charge in [0.05, 0.1) is 0 Å². The van der Waals surface area contributed by atoms with Crippen molar-refractivity contribution in [2.24, 2.45) is 5.92 Å². The van der Waals surface area contributed by atoms with Crippen LogP contribution in [0.3, 0.4) is 0 Å². The monoisotopic (exact) mass is 179 g/mol. The molecule has 0 radical (unpaired) electrons. The number of hydrogen-bond donors (Lipinski definition) is 1. The standard InChI is InChI=1S/C12H21N/c1-3-11-8-10-6-4-9(2)5-7-12(10)13-11/h10-13H,2-8H2,1H3/t10-,11?,12+/m0/s1. The second-order valence-electron chi connectivity index (χ2n) is 4.70. The average Bonchev–Trinajstić information content (AvgIpc) is 2.47. The summed E-state index contributed by atoms with van der Waals surface area (Å²) in [6.07, 6.45) is 7.96. The van der Waals surface area contributed by atoms with Crippen LogP contribution < -0.4 is 5.32 Å². The maximum atomic E-state index is 4.11. The predicted molar refractivity (Wildman–Crippen MR) is 56.7 cm³/mol. The van der Waals surface area contributed by atoms with Crippen LogP contribution in [-0.4, -0.2) is 12.1 Å². The van der Waals surface area contributed by atoms with Gasteiger partial charge in [-0.25, -0.2) is 0 Å². The van der Waals surface area contributed by atoms with Crippen molar-refractivity contribution in [3.05, 3.63) is 12.2 Å². The van der Waals surface area contributed by atoms with Crippen molar-refractivity contribution in [2.45, 2.75) is 57.5 Å². The summed E-state index contributed by atoms with van der Waals surface area (Å²) in [5, 5.41) is 3.76. The Hall–Kier alpha value is -0.300.